The summed E-state index contributed by atoms with van der Waals surface area (Å²) in [5, 5.41) is 4.72. The van der Waals surface area contributed by atoms with Gasteiger partial charge in [0.15, 0.2) is 0 Å². The van der Waals surface area contributed by atoms with Gasteiger partial charge in [-0.1, -0.05) is 18.2 Å². The maximum absolute atomic E-state index is 13.2. The summed E-state index contributed by atoms with van der Waals surface area (Å²) in [5.74, 6) is -0.0998. The normalized spacial score (nSPS) is 16.0. The average molecular weight is 430 g/mol. The highest BCUT2D eigenvalue weighted by Crippen LogP contribution is 2.40. The summed E-state index contributed by atoms with van der Waals surface area (Å²) in [7, 11) is 3.15. The van der Waals surface area contributed by atoms with Crippen LogP contribution in [0.2, 0.25) is 0 Å². The molecule has 0 unspecified atom stereocenters. The molecule has 162 valence electrons. The first-order chi connectivity index (χ1) is 15.6. The Bertz CT molecular complexity index is 1330. The van der Waals surface area contributed by atoms with Crippen LogP contribution >= 0.6 is 0 Å². The van der Waals surface area contributed by atoms with Crippen molar-refractivity contribution in [2.24, 2.45) is 5.92 Å². The van der Waals surface area contributed by atoms with Crippen molar-refractivity contribution in [3.63, 3.8) is 0 Å². The van der Waals surface area contributed by atoms with E-state index in [1.807, 2.05) is 36.4 Å². The molecule has 7 heteroatoms. The van der Waals surface area contributed by atoms with Crippen LogP contribution in [0.4, 0.5) is 11.4 Å². The fourth-order valence-electron chi connectivity index (χ4n) is 4.18. The van der Waals surface area contributed by atoms with Crippen molar-refractivity contribution in [3.05, 3.63) is 60.7 Å². The Morgan fingerprint density at radius 1 is 1.00 bits per heavy atom. The third-order valence-corrected chi connectivity index (χ3v) is 5.85. The predicted molar refractivity (Wildman–Crippen MR) is 122 cm³/mol. The molecule has 1 N–H and O–H groups in total. The number of nitrogens with one attached hydrogen (secondary N) is 1. The van der Waals surface area contributed by atoms with Crippen molar-refractivity contribution >= 4 is 45.1 Å². The molecule has 2 amide bonds. The lowest BCUT2D eigenvalue weighted by molar-refractivity contribution is -0.129. The summed E-state index contributed by atoms with van der Waals surface area (Å²) >= 11 is 0. The molecule has 0 radical (unpaired) electrons. The molecule has 32 heavy (non-hydrogen) atoms. The van der Waals surface area contributed by atoms with Gasteiger partial charge in [0.05, 0.1) is 19.9 Å². The minimum absolute atomic E-state index is 0.259. The molecule has 1 atom stereocenters. The molecular weight excluding hydrogens is 408 g/mol. The second-order valence-corrected chi connectivity index (χ2v) is 7.67. The van der Waals surface area contributed by atoms with Gasteiger partial charge in [0.2, 0.25) is 11.8 Å². The van der Waals surface area contributed by atoms with Gasteiger partial charge in [-0.05, 0) is 42.8 Å². The van der Waals surface area contributed by atoms with Gasteiger partial charge in [-0.2, -0.15) is 0 Å². The van der Waals surface area contributed by atoms with E-state index < -0.39 is 5.92 Å². The molecule has 5 rings (SSSR count). The van der Waals surface area contributed by atoms with Crippen LogP contribution in [0.3, 0.4) is 0 Å². The highest BCUT2D eigenvalue weighted by Gasteiger charge is 2.39. The molecule has 1 fully saturated rings. The van der Waals surface area contributed by atoms with Gasteiger partial charge in [-0.3, -0.25) is 9.59 Å². The Morgan fingerprint density at radius 3 is 2.53 bits per heavy atom. The number of para-hydroxylation sites is 1. The van der Waals surface area contributed by atoms with Gasteiger partial charge in [-0.25, -0.2) is 0 Å². The number of ether oxygens (including phenoxy) is 2. The van der Waals surface area contributed by atoms with Crippen LogP contribution in [0.25, 0.3) is 21.9 Å². The van der Waals surface area contributed by atoms with Crippen LogP contribution in [0.5, 0.6) is 11.5 Å². The topological polar surface area (TPSA) is 81.0 Å². The maximum atomic E-state index is 13.2. The molecular formula is C25H22N2O5. The highest BCUT2D eigenvalue weighted by molar-refractivity contribution is 6.15. The van der Waals surface area contributed by atoms with E-state index in [4.69, 9.17) is 13.9 Å². The molecule has 0 saturated carbocycles. The number of carbonyl (C=O) groups is 2. The number of hydrogen-bond acceptors (Lipinski definition) is 5. The zero-order valence-electron chi connectivity index (χ0n) is 17.8. The number of anilines is 2. The number of hydrogen-bond donors (Lipinski definition) is 1. The number of nitrogens with zero attached hydrogens (tertiary/aromatic N) is 1. The third kappa shape index (κ3) is 3.32. The smallest absolute Gasteiger partial charge is 0.239 e. The average Bonchev–Trinajstić information content (AvgIpc) is 3.38. The Balaban J connectivity index is 1.42. The number of carbonyl (C=O) groups excluding carboxylic acids is 2. The standard InChI is InChI=1S/C25H22N2O5/c1-30-16-9-7-15(8-10-16)26-24(28)18-11-12-27(25(18)29)20-14-22-19(13-23(20)31-2)17-5-3-4-6-21(17)32-22/h3-10,13-14,18H,11-12H2,1-2H3,(H,26,28)/t18-/m0/s1. The molecule has 3 aromatic carbocycles. The van der Waals surface area contributed by atoms with Gasteiger partial charge in [0, 0.05) is 29.1 Å². The maximum Gasteiger partial charge on any atom is 0.239 e. The predicted octanol–water partition coefficient (Wildman–Crippen LogP) is 4.59. The lowest BCUT2D eigenvalue weighted by Gasteiger charge is -2.19. The number of methoxy groups -OCH3 is 2. The Hall–Kier alpha value is -4.00. The summed E-state index contributed by atoms with van der Waals surface area (Å²) in [6.07, 6.45) is 0.419. The lowest BCUT2D eigenvalue weighted by Crippen LogP contribution is -2.33. The van der Waals surface area contributed by atoms with Crippen molar-refractivity contribution < 1.29 is 23.5 Å². The molecule has 4 aromatic rings. The molecule has 1 aliphatic heterocycles. The quantitative estimate of drug-likeness (QED) is 0.468. The summed E-state index contributed by atoms with van der Waals surface area (Å²) < 4.78 is 16.7. The van der Waals surface area contributed by atoms with Crippen molar-refractivity contribution in [2.45, 2.75) is 6.42 Å². The monoisotopic (exact) mass is 430 g/mol. The number of amides is 2. The Kier molecular flexibility index (Phi) is 4.93. The van der Waals surface area contributed by atoms with Gasteiger partial charge >= 0.3 is 0 Å². The Morgan fingerprint density at radius 2 is 1.78 bits per heavy atom. The van der Waals surface area contributed by atoms with E-state index in [0.717, 1.165) is 16.4 Å². The molecule has 1 aromatic heterocycles. The molecule has 1 aliphatic rings. The summed E-state index contributed by atoms with van der Waals surface area (Å²) in [5.41, 5.74) is 2.65. The van der Waals surface area contributed by atoms with Crippen LogP contribution in [0, 0.1) is 5.92 Å². The van der Waals surface area contributed by atoms with Gasteiger partial charge < -0.3 is 24.1 Å². The molecule has 1 saturated heterocycles. The first kappa shape index (κ1) is 19.9. The fourth-order valence-corrected chi connectivity index (χ4v) is 4.18. The van der Waals surface area contributed by atoms with E-state index in [0.29, 0.717) is 41.4 Å². The van der Waals surface area contributed by atoms with E-state index in [1.54, 1.807) is 43.4 Å². The lowest BCUT2D eigenvalue weighted by atomic mass is 10.1. The second kappa shape index (κ2) is 7.92. The van der Waals surface area contributed by atoms with Crippen molar-refractivity contribution in [3.8, 4) is 11.5 Å². The van der Waals surface area contributed by atoms with E-state index in [2.05, 4.69) is 5.32 Å². The first-order valence-electron chi connectivity index (χ1n) is 10.3. The number of benzene rings is 3. The van der Waals surface area contributed by atoms with Crippen molar-refractivity contribution in [1.29, 1.82) is 0 Å². The zero-order chi connectivity index (χ0) is 22.2. The molecule has 0 aliphatic carbocycles. The molecule has 0 bridgehead atoms. The minimum Gasteiger partial charge on any atom is -0.497 e. The van der Waals surface area contributed by atoms with Gasteiger partial charge in [-0.15, -0.1) is 0 Å². The van der Waals surface area contributed by atoms with E-state index in [1.165, 1.54) is 0 Å². The number of fused-ring (bicyclic) bond motifs is 3. The molecule has 0 spiro atoms. The summed E-state index contributed by atoms with van der Waals surface area (Å²) in [4.78, 5) is 27.6. The fraction of sp³-hybridized carbons (Fsp3) is 0.200. The number of furan rings is 1. The number of rotatable bonds is 5. The van der Waals surface area contributed by atoms with Crippen molar-refractivity contribution in [1.82, 2.24) is 0 Å². The van der Waals surface area contributed by atoms with E-state index >= 15 is 0 Å². The second-order valence-electron chi connectivity index (χ2n) is 7.67. The molecule has 2 heterocycles. The SMILES string of the molecule is COc1ccc(NC(=O)[C@@H]2CCN(c3cc4oc5ccccc5c4cc3OC)C2=O)cc1. The van der Waals surface area contributed by atoms with Crippen LogP contribution in [-0.4, -0.2) is 32.6 Å². The zero-order valence-corrected chi connectivity index (χ0v) is 17.8. The Labute approximate surface area is 184 Å². The third-order valence-electron chi connectivity index (χ3n) is 5.85. The van der Waals surface area contributed by atoms with E-state index in [-0.39, 0.29) is 11.8 Å². The highest BCUT2D eigenvalue weighted by atomic mass is 16.5. The largest absolute Gasteiger partial charge is 0.497 e. The van der Waals surface area contributed by atoms with Crippen LogP contribution in [0.1, 0.15) is 6.42 Å². The summed E-state index contributed by atoms with van der Waals surface area (Å²) in [6.45, 7) is 0.418. The van der Waals surface area contributed by atoms with Crippen LogP contribution in [-0.2, 0) is 9.59 Å². The van der Waals surface area contributed by atoms with Gasteiger partial charge in [0.1, 0.15) is 28.6 Å². The van der Waals surface area contributed by atoms with Crippen LogP contribution < -0.4 is 19.7 Å². The minimum atomic E-state index is -0.770. The van der Waals surface area contributed by atoms with Crippen LogP contribution in [0.15, 0.2) is 65.1 Å². The van der Waals surface area contributed by atoms with Gasteiger partial charge in [0.25, 0.3) is 0 Å². The summed E-state index contributed by atoms with van der Waals surface area (Å²) in [6, 6.07) is 18.5. The first-order valence-corrected chi connectivity index (χ1v) is 10.3. The molecule has 7 nitrogen and oxygen atoms in total. The van der Waals surface area contributed by atoms with Crippen molar-refractivity contribution in [2.75, 3.05) is 31.0 Å². The van der Waals surface area contributed by atoms with E-state index in [9.17, 15) is 9.59 Å².